The van der Waals surface area contributed by atoms with Crippen LogP contribution in [-0.2, 0) is 9.59 Å². The number of benzene rings is 2. The second-order valence-corrected chi connectivity index (χ2v) is 6.08. The number of hydrogen-bond acceptors (Lipinski definition) is 6. The molecule has 0 saturated heterocycles. The molecule has 29 heavy (non-hydrogen) atoms. The maximum Gasteiger partial charge on any atom is 0.308 e. The molecular formula is C21H23N3O5. The average molecular weight is 397 g/mol. The zero-order valence-corrected chi connectivity index (χ0v) is 16.5. The van der Waals surface area contributed by atoms with E-state index in [0.717, 1.165) is 6.42 Å². The second kappa shape index (κ2) is 10.6. The summed E-state index contributed by atoms with van der Waals surface area (Å²) < 4.78 is 10.2. The molecule has 0 aliphatic carbocycles. The van der Waals surface area contributed by atoms with Gasteiger partial charge in [0, 0.05) is 24.6 Å². The first kappa shape index (κ1) is 21.6. The van der Waals surface area contributed by atoms with Crippen LogP contribution in [0.15, 0.2) is 47.6 Å². The van der Waals surface area contributed by atoms with Gasteiger partial charge in [-0.2, -0.15) is 5.10 Å². The smallest absolute Gasteiger partial charge is 0.308 e. The van der Waals surface area contributed by atoms with Gasteiger partial charge in [-0.25, -0.2) is 5.43 Å². The molecular weight excluding hydrogens is 374 g/mol. The standard InChI is InChI=1S/C21H23N3O5/c1-4-5-20(26)23-17-9-7-16(8-10-17)21(27)24-22-13-15-6-11-18(29-14(2)25)19(12-15)28-3/h6-13H,4-5H2,1-3H3,(H,23,26)(H,24,27). The molecule has 0 aliphatic heterocycles. The van der Waals surface area contributed by atoms with Gasteiger partial charge in [0.25, 0.3) is 5.91 Å². The van der Waals surface area contributed by atoms with E-state index in [9.17, 15) is 14.4 Å². The topological polar surface area (TPSA) is 106 Å². The van der Waals surface area contributed by atoms with Crippen LogP contribution in [0.2, 0.25) is 0 Å². The average Bonchev–Trinajstić information content (AvgIpc) is 2.69. The number of carbonyl (C=O) groups excluding carboxylic acids is 3. The fourth-order valence-electron chi connectivity index (χ4n) is 2.39. The van der Waals surface area contributed by atoms with Gasteiger partial charge < -0.3 is 14.8 Å². The summed E-state index contributed by atoms with van der Waals surface area (Å²) in [5.41, 5.74) is 4.10. The molecule has 152 valence electrons. The number of amides is 2. The van der Waals surface area contributed by atoms with Gasteiger partial charge in [-0.1, -0.05) is 6.92 Å². The van der Waals surface area contributed by atoms with Crippen molar-refractivity contribution in [3.8, 4) is 11.5 Å². The van der Waals surface area contributed by atoms with Crippen LogP contribution < -0.4 is 20.2 Å². The third kappa shape index (κ3) is 6.76. The molecule has 0 unspecified atom stereocenters. The lowest BCUT2D eigenvalue weighted by atomic mass is 10.2. The van der Waals surface area contributed by atoms with Crippen molar-refractivity contribution < 1.29 is 23.9 Å². The maximum absolute atomic E-state index is 12.2. The summed E-state index contributed by atoms with van der Waals surface area (Å²) in [5, 5.41) is 6.68. The number of methoxy groups -OCH3 is 1. The Morgan fingerprint density at radius 1 is 1.07 bits per heavy atom. The van der Waals surface area contributed by atoms with Gasteiger partial charge in [-0.3, -0.25) is 14.4 Å². The first-order valence-electron chi connectivity index (χ1n) is 9.02. The third-order valence-electron chi connectivity index (χ3n) is 3.73. The molecule has 0 atom stereocenters. The number of nitrogens with zero attached hydrogens (tertiary/aromatic N) is 1. The lowest BCUT2D eigenvalue weighted by molar-refractivity contribution is -0.132. The minimum atomic E-state index is -0.451. The van der Waals surface area contributed by atoms with Crippen molar-refractivity contribution in [2.24, 2.45) is 5.10 Å². The number of rotatable bonds is 8. The van der Waals surface area contributed by atoms with Crippen LogP contribution >= 0.6 is 0 Å². The van der Waals surface area contributed by atoms with Crippen LogP contribution in [0.4, 0.5) is 5.69 Å². The van der Waals surface area contributed by atoms with Crippen molar-refractivity contribution in [1.82, 2.24) is 5.43 Å². The predicted octanol–water partition coefficient (Wildman–Crippen LogP) is 3.12. The molecule has 2 aromatic rings. The van der Waals surface area contributed by atoms with E-state index in [1.807, 2.05) is 6.92 Å². The van der Waals surface area contributed by atoms with Gasteiger partial charge in [-0.15, -0.1) is 0 Å². The van der Waals surface area contributed by atoms with Crippen LogP contribution in [0.5, 0.6) is 11.5 Å². The van der Waals surface area contributed by atoms with E-state index >= 15 is 0 Å². The van der Waals surface area contributed by atoms with Crippen molar-refractivity contribution in [2.45, 2.75) is 26.7 Å². The third-order valence-corrected chi connectivity index (χ3v) is 3.73. The molecule has 8 heteroatoms. The van der Waals surface area contributed by atoms with Gasteiger partial charge >= 0.3 is 5.97 Å². The molecule has 2 amide bonds. The van der Waals surface area contributed by atoms with E-state index in [1.54, 1.807) is 42.5 Å². The SMILES string of the molecule is CCCC(=O)Nc1ccc(C(=O)NN=Cc2ccc(OC(C)=O)c(OC)c2)cc1. The van der Waals surface area contributed by atoms with Crippen molar-refractivity contribution >= 4 is 29.7 Å². The van der Waals surface area contributed by atoms with E-state index in [4.69, 9.17) is 9.47 Å². The molecule has 0 heterocycles. The fourth-order valence-corrected chi connectivity index (χ4v) is 2.39. The highest BCUT2D eigenvalue weighted by atomic mass is 16.6. The molecule has 0 aliphatic rings. The van der Waals surface area contributed by atoms with Crippen LogP contribution in [0, 0.1) is 0 Å². The number of carbonyl (C=O) groups is 3. The summed E-state index contributed by atoms with van der Waals surface area (Å²) in [5.74, 6) is -0.239. The Bertz CT molecular complexity index is 907. The summed E-state index contributed by atoms with van der Waals surface area (Å²) in [6.07, 6.45) is 2.66. The molecule has 0 saturated carbocycles. The maximum atomic E-state index is 12.2. The van der Waals surface area contributed by atoms with E-state index in [2.05, 4.69) is 15.8 Å². The Kier molecular flexibility index (Phi) is 7.90. The van der Waals surface area contributed by atoms with Crippen molar-refractivity contribution in [3.63, 3.8) is 0 Å². The molecule has 8 nitrogen and oxygen atoms in total. The monoisotopic (exact) mass is 397 g/mol. The Morgan fingerprint density at radius 2 is 1.79 bits per heavy atom. The molecule has 0 aromatic heterocycles. The number of hydrazone groups is 1. The quantitative estimate of drug-likeness (QED) is 0.308. The molecule has 0 fully saturated rings. The van der Waals surface area contributed by atoms with Gasteiger partial charge in [0.15, 0.2) is 11.5 Å². The zero-order valence-electron chi connectivity index (χ0n) is 16.5. The molecule has 0 bridgehead atoms. The zero-order chi connectivity index (χ0) is 21.2. The number of ether oxygens (including phenoxy) is 2. The lowest BCUT2D eigenvalue weighted by Crippen LogP contribution is -2.17. The summed E-state index contributed by atoms with van der Waals surface area (Å²) in [4.78, 5) is 34.8. The Hall–Kier alpha value is -3.68. The molecule has 2 rings (SSSR count). The van der Waals surface area contributed by atoms with Crippen molar-refractivity contribution in [1.29, 1.82) is 0 Å². The van der Waals surface area contributed by atoms with Crippen molar-refractivity contribution in [3.05, 3.63) is 53.6 Å². The number of nitrogens with one attached hydrogen (secondary N) is 2. The highest BCUT2D eigenvalue weighted by molar-refractivity contribution is 5.96. The first-order chi connectivity index (χ1) is 13.9. The molecule has 0 spiro atoms. The summed E-state index contributed by atoms with van der Waals surface area (Å²) >= 11 is 0. The minimum absolute atomic E-state index is 0.0653. The number of anilines is 1. The van der Waals surface area contributed by atoms with Crippen LogP contribution in [0.1, 0.15) is 42.6 Å². The van der Waals surface area contributed by atoms with Crippen molar-refractivity contribution in [2.75, 3.05) is 12.4 Å². The molecule has 0 radical (unpaired) electrons. The summed E-state index contributed by atoms with van der Waals surface area (Å²) in [7, 11) is 1.46. The largest absolute Gasteiger partial charge is 0.493 e. The highest BCUT2D eigenvalue weighted by Crippen LogP contribution is 2.27. The predicted molar refractivity (Wildman–Crippen MR) is 109 cm³/mol. The summed E-state index contributed by atoms with van der Waals surface area (Å²) in [6, 6.07) is 11.4. The highest BCUT2D eigenvalue weighted by Gasteiger charge is 2.08. The van der Waals surface area contributed by atoms with Gasteiger partial charge in [0.2, 0.25) is 5.91 Å². The normalized spacial score (nSPS) is 10.4. The lowest BCUT2D eigenvalue weighted by Gasteiger charge is -2.08. The Morgan fingerprint density at radius 3 is 2.41 bits per heavy atom. The Labute approximate surface area is 168 Å². The van der Waals surface area contributed by atoms with Gasteiger partial charge in [0.1, 0.15) is 0 Å². The molecule has 2 aromatic carbocycles. The number of hydrogen-bond donors (Lipinski definition) is 2. The fraction of sp³-hybridized carbons (Fsp3) is 0.238. The van der Waals surface area contributed by atoms with E-state index in [-0.39, 0.29) is 5.91 Å². The van der Waals surface area contributed by atoms with E-state index in [1.165, 1.54) is 20.2 Å². The molecule has 2 N–H and O–H groups in total. The number of esters is 1. The van der Waals surface area contributed by atoms with Crippen LogP contribution in [0.3, 0.4) is 0 Å². The van der Waals surface area contributed by atoms with Crippen LogP contribution in [-0.4, -0.2) is 31.1 Å². The summed E-state index contributed by atoms with van der Waals surface area (Å²) in [6.45, 7) is 3.23. The first-order valence-corrected chi connectivity index (χ1v) is 9.02. The van der Waals surface area contributed by atoms with Gasteiger partial charge in [0.05, 0.1) is 13.3 Å². The Balaban J connectivity index is 1.97. The second-order valence-electron chi connectivity index (χ2n) is 6.08. The minimum Gasteiger partial charge on any atom is -0.493 e. The van der Waals surface area contributed by atoms with E-state index in [0.29, 0.717) is 34.7 Å². The van der Waals surface area contributed by atoms with E-state index < -0.39 is 11.9 Å². The van der Waals surface area contributed by atoms with Gasteiger partial charge in [-0.05, 0) is 54.4 Å². The van der Waals surface area contributed by atoms with Crippen LogP contribution in [0.25, 0.3) is 0 Å².